The van der Waals surface area contributed by atoms with Crippen LogP contribution >= 0.6 is 0 Å². The Morgan fingerprint density at radius 1 is 1.19 bits per heavy atom. The first-order valence-corrected chi connectivity index (χ1v) is 6.56. The summed E-state index contributed by atoms with van der Waals surface area (Å²) in [4.78, 5) is 2.55. The molecule has 0 aliphatic heterocycles. The van der Waals surface area contributed by atoms with Crippen molar-refractivity contribution in [3.8, 4) is 0 Å². The van der Waals surface area contributed by atoms with Crippen molar-refractivity contribution in [3.05, 3.63) is 0 Å². The van der Waals surface area contributed by atoms with Gasteiger partial charge in [0.25, 0.3) is 0 Å². The van der Waals surface area contributed by atoms with Gasteiger partial charge in [0.15, 0.2) is 0 Å². The van der Waals surface area contributed by atoms with Crippen LogP contribution in [0, 0.1) is 0 Å². The highest BCUT2D eigenvalue weighted by molar-refractivity contribution is 4.77. The van der Waals surface area contributed by atoms with E-state index < -0.39 is 0 Å². The second-order valence-electron chi connectivity index (χ2n) is 4.76. The molecule has 3 nitrogen and oxygen atoms in total. The zero-order valence-electron chi connectivity index (χ0n) is 11.7. The second kappa shape index (κ2) is 8.97. The molecular formula is C13H30N2O. The molecule has 0 radical (unpaired) electrons. The van der Waals surface area contributed by atoms with E-state index in [9.17, 15) is 0 Å². The molecule has 0 aromatic heterocycles. The Kier molecular flexibility index (Phi) is 8.90. The summed E-state index contributed by atoms with van der Waals surface area (Å²) in [6.07, 6.45) is 3.45. The summed E-state index contributed by atoms with van der Waals surface area (Å²) in [6, 6.07) is 1.47. The van der Waals surface area contributed by atoms with Gasteiger partial charge < -0.3 is 10.5 Å². The van der Waals surface area contributed by atoms with Crippen LogP contribution in [0.25, 0.3) is 0 Å². The molecule has 0 saturated carbocycles. The fourth-order valence-corrected chi connectivity index (χ4v) is 2.39. The van der Waals surface area contributed by atoms with E-state index in [1.807, 2.05) is 0 Å². The highest BCUT2D eigenvalue weighted by Crippen LogP contribution is 2.15. The van der Waals surface area contributed by atoms with Gasteiger partial charge in [0.05, 0.1) is 6.61 Å². The molecule has 0 aromatic carbocycles. The van der Waals surface area contributed by atoms with Crippen molar-refractivity contribution in [2.24, 2.45) is 5.73 Å². The van der Waals surface area contributed by atoms with E-state index in [1.54, 1.807) is 7.11 Å². The first-order valence-electron chi connectivity index (χ1n) is 6.56. The first kappa shape index (κ1) is 15.9. The third-order valence-electron chi connectivity index (χ3n) is 3.24. The lowest BCUT2D eigenvalue weighted by molar-refractivity contribution is 0.0802. The van der Waals surface area contributed by atoms with Gasteiger partial charge in [0.1, 0.15) is 0 Å². The largest absolute Gasteiger partial charge is 0.383 e. The van der Waals surface area contributed by atoms with Crippen molar-refractivity contribution in [1.82, 2.24) is 4.90 Å². The lowest BCUT2D eigenvalue weighted by Crippen LogP contribution is -2.45. The lowest BCUT2D eigenvalue weighted by Gasteiger charge is -2.36. The number of methoxy groups -OCH3 is 1. The van der Waals surface area contributed by atoms with E-state index in [2.05, 4.69) is 32.6 Å². The van der Waals surface area contributed by atoms with E-state index in [0.29, 0.717) is 12.1 Å². The Labute approximate surface area is 101 Å². The molecule has 2 unspecified atom stereocenters. The minimum atomic E-state index is 0.273. The molecule has 0 spiro atoms. The van der Waals surface area contributed by atoms with Gasteiger partial charge in [0.2, 0.25) is 0 Å². The normalized spacial score (nSPS) is 15.8. The van der Waals surface area contributed by atoms with Crippen LogP contribution in [0.4, 0.5) is 0 Å². The zero-order chi connectivity index (χ0) is 12.6. The molecule has 0 saturated heterocycles. The van der Waals surface area contributed by atoms with Crippen LogP contribution in [0.5, 0.6) is 0 Å². The van der Waals surface area contributed by atoms with Crippen LogP contribution in [0.15, 0.2) is 0 Å². The van der Waals surface area contributed by atoms with Gasteiger partial charge in [0, 0.05) is 31.8 Å². The van der Waals surface area contributed by atoms with Crippen LogP contribution in [0.1, 0.15) is 47.0 Å². The zero-order valence-corrected chi connectivity index (χ0v) is 11.7. The maximum atomic E-state index is 5.88. The van der Waals surface area contributed by atoms with Crippen LogP contribution < -0.4 is 5.73 Å². The van der Waals surface area contributed by atoms with Crippen molar-refractivity contribution in [1.29, 1.82) is 0 Å². The average molecular weight is 230 g/mol. The van der Waals surface area contributed by atoms with Gasteiger partial charge >= 0.3 is 0 Å². The van der Waals surface area contributed by atoms with Gasteiger partial charge in [-0.15, -0.1) is 0 Å². The summed E-state index contributed by atoms with van der Waals surface area (Å²) in [5, 5.41) is 0. The summed E-state index contributed by atoms with van der Waals surface area (Å²) < 4.78 is 5.19. The van der Waals surface area contributed by atoms with Crippen LogP contribution in [-0.4, -0.2) is 43.3 Å². The molecule has 16 heavy (non-hydrogen) atoms. The predicted molar refractivity (Wildman–Crippen MR) is 70.7 cm³/mol. The molecule has 98 valence electrons. The number of rotatable bonds is 9. The minimum Gasteiger partial charge on any atom is -0.383 e. The topological polar surface area (TPSA) is 38.5 Å². The van der Waals surface area contributed by atoms with Crippen molar-refractivity contribution in [2.45, 2.75) is 65.1 Å². The lowest BCUT2D eigenvalue weighted by atomic mass is 10.0. The summed E-state index contributed by atoms with van der Waals surface area (Å²) in [5.74, 6) is 0. The summed E-state index contributed by atoms with van der Waals surface area (Å²) in [7, 11) is 1.77. The number of ether oxygens (including phenoxy) is 1. The second-order valence-corrected chi connectivity index (χ2v) is 4.76. The number of hydrogen-bond acceptors (Lipinski definition) is 3. The first-order chi connectivity index (χ1) is 7.56. The van der Waals surface area contributed by atoms with E-state index in [1.165, 1.54) is 12.8 Å². The van der Waals surface area contributed by atoms with Crippen LogP contribution in [-0.2, 0) is 4.74 Å². The van der Waals surface area contributed by atoms with Crippen molar-refractivity contribution in [3.63, 3.8) is 0 Å². The third-order valence-corrected chi connectivity index (χ3v) is 3.24. The van der Waals surface area contributed by atoms with Crippen LogP contribution in [0.3, 0.4) is 0 Å². The fourth-order valence-electron chi connectivity index (χ4n) is 2.39. The molecule has 0 heterocycles. The maximum Gasteiger partial charge on any atom is 0.0589 e. The molecule has 0 amide bonds. The average Bonchev–Trinajstić information content (AvgIpc) is 2.23. The monoisotopic (exact) mass is 230 g/mol. The molecule has 0 rings (SSSR count). The van der Waals surface area contributed by atoms with E-state index in [-0.39, 0.29) is 6.04 Å². The van der Waals surface area contributed by atoms with Crippen molar-refractivity contribution in [2.75, 3.05) is 20.3 Å². The highest BCUT2D eigenvalue weighted by Gasteiger charge is 2.21. The molecule has 0 fully saturated rings. The summed E-state index contributed by atoms with van der Waals surface area (Å²) in [5.41, 5.74) is 5.88. The summed E-state index contributed by atoms with van der Waals surface area (Å²) >= 11 is 0. The van der Waals surface area contributed by atoms with Gasteiger partial charge in [-0.25, -0.2) is 0 Å². The minimum absolute atomic E-state index is 0.273. The molecule has 2 N–H and O–H groups in total. The van der Waals surface area contributed by atoms with Crippen LogP contribution in [0.2, 0.25) is 0 Å². The number of nitrogens with two attached hydrogens (primary N) is 1. The molecule has 0 bridgehead atoms. The molecule has 0 aromatic rings. The van der Waals surface area contributed by atoms with E-state index in [0.717, 1.165) is 19.6 Å². The van der Waals surface area contributed by atoms with Gasteiger partial charge in [-0.05, 0) is 33.1 Å². The van der Waals surface area contributed by atoms with Gasteiger partial charge in [-0.2, -0.15) is 0 Å². The standard InChI is InChI=1S/C13H30N2O/c1-6-13(7-2)15(8-9-16-5)12(4)10-11(3)14/h11-13H,6-10,14H2,1-5H3. The van der Waals surface area contributed by atoms with E-state index >= 15 is 0 Å². The Balaban J connectivity index is 4.37. The Morgan fingerprint density at radius 2 is 1.75 bits per heavy atom. The Morgan fingerprint density at radius 3 is 2.12 bits per heavy atom. The highest BCUT2D eigenvalue weighted by atomic mass is 16.5. The third kappa shape index (κ3) is 5.83. The summed E-state index contributed by atoms with van der Waals surface area (Å²) in [6.45, 7) is 10.7. The molecule has 2 atom stereocenters. The number of hydrogen-bond donors (Lipinski definition) is 1. The smallest absolute Gasteiger partial charge is 0.0589 e. The SMILES string of the molecule is CCC(CC)N(CCOC)C(C)CC(C)N. The Hall–Kier alpha value is -0.120. The predicted octanol–water partition coefficient (Wildman–Crippen LogP) is 2.25. The molecular weight excluding hydrogens is 200 g/mol. The van der Waals surface area contributed by atoms with Gasteiger partial charge in [-0.3, -0.25) is 4.90 Å². The molecule has 0 aliphatic carbocycles. The Bertz CT molecular complexity index is 158. The van der Waals surface area contributed by atoms with E-state index in [4.69, 9.17) is 10.5 Å². The number of nitrogens with zero attached hydrogens (tertiary/aromatic N) is 1. The maximum absolute atomic E-state index is 5.88. The van der Waals surface area contributed by atoms with Crippen molar-refractivity contribution < 1.29 is 4.74 Å². The fraction of sp³-hybridized carbons (Fsp3) is 1.00. The quantitative estimate of drug-likeness (QED) is 0.660. The molecule has 0 aliphatic rings. The van der Waals surface area contributed by atoms with Crippen molar-refractivity contribution >= 4 is 0 Å². The molecule has 3 heteroatoms. The van der Waals surface area contributed by atoms with Gasteiger partial charge in [-0.1, -0.05) is 13.8 Å².